The highest BCUT2D eigenvalue weighted by molar-refractivity contribution is 7.92. The molecule has 1 fully saturated rings. The SMILES string of the molecule is C[S+]([O-])N(C=O)c1ccc(C=O)cc1OCC1CC1. The van der Waals surface area contributed by atoms with E-state index in [2.05, 4.69) is 0 Å². The molecule has 5 nitrogen and oxygen atoms in total. The van der Waals surface area contributed by atoms with Crippen LogP contribution in [0.1, 0.15) is 23.2 Å². The third kappa shape index (κ3) is 3.48. The lowest BCUT2D eigenvalue weighted by Gasteiger charge is -2.20. The standard InChI is InChI=1S/C13H15NO4S/c1-19(17)14(9-16)12-5-4-11(7-15)6-13(12)18-8-10-2-3-10/h4-7,9-10H,2-3,8H2,1H3. The van der Waals surface area contributed by atoms with Crippen LogP contribution in [0, 0.1) is 5.92 Å². The highest BCUT2D eigenvalue weighted by Gasteiger charge is 2.25. The number of carbonyl (C=O) groups excluding carboxylic acids is 2. The molecule has 0 aliphatic heterocycles. The van der Waals surface area contributed by atoms with Gasteiger partial charge in [-0.2, -0.15) is 0 Å². The van der Waals surface area contributed by atoms with Crippen LogP contribution in [0.5, 0.6) is 5.75 Å². The zero-order valence-corrected chi connectivity index (χ0v) is 11.4. The Labute approximate surface area is 114 Å². The fourth-order valence-corrected chi connectivity index (χ4v) is 2.20. The highest BCUT2D eigenvalue weighted by Crippen LogP contribution is 2.34. The molecule has 2 rings (SSSR count). The van der Waals surface area contributed by atoms with Crippen molar-refractivity contribution in [3.05, 3.63) is 23.8 Å². The highest BCUT2D eigenvalue weighted by atomic mass is 32.2. The molecular weight excluding hydrogens is 266 g/mol. The predicted octanol–water partition coefficient (Wildman–Crippen LogP) is 1.54. The van der Waals surface area contributed by atoms with Crippen LogP contribution in [0.2, 0.25) is 0 Å². The molecule has 0 N–H and O–H groups in total. The average molecular weight is 281 g/mol. The first-order valence-electron chi connectivity index (χ1n) is 5.95. The van der Waals surface area contributed by atoms with Gasteiger partial charge in [0.1, 0.15) is 24.0 Å². The van der Waals surface area contributed by atoms with E-state index >= 15 is 0 Å². The van der Waals surface area contributed by atoms with Gasteiger partial charge >= 0.3 is 0 Å². The Hall–Kier alpha value is -1.53. The van der Waals surface area contributed by atoms with Crippen molar-refractivity contribution in [1.82, 2.24) is 0 Å². The third-order valence-corrected chi connectivity index (χ3v) is 3.74. The van der Waals surface area contributed by atoms with Gasteiger partial charge in [0.2, 0.25) is 0 Å². The Bertz CT molecular complexity index is 474. The maximum atomic E-state index is 11.5. The van der Waals surface area contributed by atoms with Crippen LogP contribution in [0.4, 0.5) is 5.69 Å². The average Bonchev–Trinajstić information content (AvgIpc) is 3.21. The van der Waals surface area contributed by atoms with Gasteiger partial charge in [-0.1, -0.05) is 0 Å². The largest absolute Gasteiger partial charge is 0.593 e. The fraction of sp³-hybridized carbons (Fsp3) is 0.385. The van der Waals surface area contributed by atoms with Crippen LogP contribution < -0.4 is 9.04 Å². The molecular formula is C13H15NO4S. The predicted molar refractivity (Wildman–Crippen MR) is 72.7 cm³/mol. The molecule has 1 unspecified atom stereocenters. The van der Waals surface area contributed by atoms with E-state index in [1.807, 2.05) is 0 Å². The molecule has 1 aliphatic rings. The Morgan fingerprint density at radius 2 is 2.21 bits per heavy atom. The van der Waals surface area contributed by atoms with Gasteiger partial charge in [-0.25, -0.2) is 0 Å². The van der Waals surface area contributed by atoms with Crippen molar-refractivity contribution in [1.29, 1.82) is 0 Å². The van der Waals surface area contributed by atoms with Gasteiger partial charge in [-0.3, -0.25) is 9.59 Å². The maximum Gasteiger partial charge on any atom is 0.257 e. The number of hydrogen-bond acceptors (Lipinski definition) is 4. The lowest BCUT2D eigenvalue weighted by Crippen LogP contribution is -2.28. The van der Waals surface area contributed by atoms with Crippen LogP contribution in [0.15, 0.2) is 18.2 Å². The lowest BCUT2D eigenvalue weighted by atomic mass is 10.2. The summed E-state index contributed by atoms with van der Waals surface area (Å²) >= 11 is -1.47. The summed E-state index contributed by atoms with van der Waals surface area (Å²) in [6.45, 7) is 0.554. The summed E-state index contributed by atoms with van der Waals surface area (Å²) in [5.74, 6) is 0.961. The molecule has 0 aromatic heterocycles. The Morgan fingerprint density at radius 1 is 1.47 bits per heavy atom. The minimum absolute atomic E-state index is 0.416. The summed E-state index contributed by atoms with van der Waals surface area (Å²) in [6.07, 6.45) is 4.89. The molecule has 102 valence electrons. The van der Waals surface area contributed by atoms with E-state index in [-0.39, 0.29) is 0 Å². The molecule has 0 radical (unpaired) electrons. The normalized spacial score (nSPS) is 15.7. The number of anilines is 1. The van der Waals surface area contributed by atoms with Crippen LogP contribution in [0.3, 0.4) is 0 Å². The minimum Gasteiger partial charge on any atom is -0.593 e. The Kier molecular flexibility index (Phi) is 4.44. The van der Waals surface area contributed by atoms with Gasteiger partial charge < -0.3 is 9.29 Å². The number of amides is 1. The van der Waals surface area contributed by atoms with Gasteiger partial charge in [0.15, 0.2) is 0 Å². The maximum absolute atomic E-state index is 11.5. The monoisotopic (exact) mass is 281 g/mol. The van der Waals surface area contributed by atoms with Crippen molar-refractivity contribution in [2.24, 2.45) is 5.92 Å². The minimum atomic E-state index is -1.47. The second-order valence-electron chi connectivity index (χ2n) is 4.45. The van der Waals surface area contributed by atoms with E-state index in [4.69, 9.17) is 4.74 Å². The summed E-state index contributed by atoms with van der Waals surface area (Å²) in [7, 11) is 0. The number of hydrogen-bond donors (Lipinski definition) is 0. The van der Waals surface area contributed by atoms with Crippen molar-refractivity contribution >= 4 is 29.7 Å². The smallest absolute Gasteiger partial charge is 0.257 e. The molecule has 1 amide bonds. The van der Waals surface area contributed by atoms with Gasteiger partial charge in [-0.05, 0) is 37.0 Å². The molecule has 0 spiro atoms. The summed E-state index contributed by atoms with van der Waals surface area (Å²) < 4.78 is 18.2. The summed E-state index contributed by atoms with van der Waals surface area (Å²) in [5.41, 5.74) is 0.879. The summed E-state index contributed by atoms with van der Waals surface area (Å²) in [4.78, 5) is 21.8. The van der Waals surface area contributed by atoms with Crippen molar-refractivity contribution < 1.29 is 18.9 Å². The second-order valence-corrected chi connectivity index (χ2v) is 5.70. The van der Waals surface area contributed by atoms with Crippen LogP contribution in [0.25, 0.3) is 0 Å². The summed E-state index contributed by atoms with van der Waals surface area (Å²) in [6, 6.07) is 4.70. The van der Waals surface area contributed by atoms with Crippen molar-refractivity contribution in [2.75, 3.05) is 17.2 Å². The quantitative estimate of drug-likeness (QED) is 0.561. The molecule has 1 aromatic rings. The van der Waals surface area contributed by atoms with E-state index in [0.717, 1.165) is 17.1 Å². The van der Waals surface area contributed by atoms with E-state index in [1.165, 1.54) is 6.26 Å². The topological polar surface area (TPSA) is 69.7 Å². The van der Waals surface area contributed by atoms with Gasteiger partial charge in [-0.15, -0.1) is 4.31 Å². The van der Waals surface area contributed by atoms with E-state index in [9.17, 15) is 14.1 Å². The van der Waals surface area contributed by atoms with Crippen LogP contribution >= 0.6 is 0 Å². The number of aldehydes is 1. The van der Waals surface area contributed by atoms with E-state index < -0.39 is 11.4 Å². The molecule has 1 atom stereocenters. The first-order chi connectivity index (χ1) is 9.15. The zero-order valence-electron chi connectivity index (χ0n) is 10.6. The molecule has 1 saturated carbocycles. The van der Waals surface area contributed by atoms with Gasteiger partial charge in [0, 0.05) is 5.56 Å². The van der Waals surface area contributed by atoms with E-state index in [0.29, 0.717) is 42.2 Å². The first kappa shape index (κ1) is 13.9. The molecule has 1 aliphatic carbocycles. The van der Waals surface area contributed by atoms with Crippen molar-refractivity contribution in [3.8, 4) is 5.75 Å². The van der Waals surface area contributed by atoms with Crippen LogP contribution in [-0.4, -0.2) is 30.1 Å². The summed E-state index contributed by atoms with van der Waals surface area (Å²) in [5, 5.41) is 0. The fourth-order valence-electron chi connectivity index (χ4n) is 1.65. The molecule has 0 heterocycles. The molecule has 1 aromatic carbocycles. The lowest BCUT2D eigenvalue weighted by molar-refractivity contribution is -0.106. The number of carbonyl (C=O) groups is 2. The first-order valence-corrected chi connectivity index (χ1v) is 7.47. The number of benzene rings is 1. The molecule has 0 saturated heterocycles. The molecule has 19 heavy (non-hydrogen) atoms. The third-order valence-electron chi connectivity index (χ3n) is 2.90. The van der Waals surface area contributed by atoms with Crippen molar-refractivity contribution in [2.45, 2.75) is 12.8 Å². The number of rotatable bonds is 7. The number of ether oxygens (including phenoxy) is 1. The Morgan fingerprint density at radius 3 is 2.74 bits per heavy atom. The van der Waals surface area contributed by atoms with Gasteiger partial charge in [0.05, 0.1) is 18.0 Å². The molecule has 6 heteroatoms. The van der Waals surface area contributed by atoms with E-state index in [1.54, 1.807) is 18.2 Å². The molecule has 0 bridgehead atoms. The van der Waals surface area contributed by atoms with Crippen LogP contribution in [-0.2, 0) is 16.2 Å². The zero-order chi connectivity index (χ0) is 13.8. The second kappa shape index (κ2) is 6.08. The van der Waals surface area contributed by atoms with Gasteiger partial charge in [0.25, 0.3) is 6.41 Å². The van der Waals surface area contributed by atoms with Crippen molar-refractivity contribution in [3.63, 3.8) is 0 Å². The number of nitrogens with zero attached hydrogens (tertiary/aromatic N) is 1. The Balaban J connectivity index is 2.27.